The zero-order valence-electron chi connectivity index (χ0n) is 19.7. The van der Waals surface area contributed by atoms with Gasteiger partial charge in [-0.05, 0) is 84.9 Å². The minimum Gasteiger partial charge on any atom is -0.508 e. The van der Waals surface area contributed by atoms with Gasteiger partial charge in [-0.1, -0.05) is 68.5 Å². The van der Waals surface area contributed by atoms with Gasteiger partial charge in [0.2, 0.25) is 0 Å². The van der Waals surface area contributed by atoms with Gasteiger partial charge in [0.25, 0.3) is 0 Å². The Morgan fingerprint density at radius 3 is 2.16 bits per heavy atom. The number of hydrogen-bond acceptors (Lipinski definition) is 3. The van der Waals surface area contributed by atoms with Crippen LogP contribution in [0, 0.1) is 0 Å². The van der Waals surface area contributed by atoms with Crippen molar-refractivity contribution in [1.29, 1.82) is 0 Å². The number of likely N-dealkylation sites (N-methyl/N-ethyl adjacent to an activating group) is 1. The molecule has 3 aromatic carbocycles. The van der Waals surface area contributed by atoms with Gasteiger partial charge in [0, 0.05) is 6.54 Å². The topological polar surface area (TPSA) is 32.7 Å². The lowest BCUT2D eigenvalue weighted by Crippen LogP contribution is -2.19. The van der Waals surface area contributed by atoms with Crippen LogP contribution in [-0.4, -0.2) is 37.3 Å². The highest BCUT2D eigenvalue weighted by atomic mass is 16.5. The third kappa shape index (κ3) is 7.28. The molecule has 0 atom stereocenters. The van der Waals surface area contributed by atoms with Gasteiger partial charge in [-0.25, -0.2) is 0 Å². The number of aryl methyl sites for hydroxylation is 1. The van der Waals surface area contributed by atoms with E-state index in [9.17, 15) is 5.11 Å². The summed E-state index contributed by atoms with van der Waals surface area (Å²) in [7, 11) is 4.10. The second kappa shape index (κ2) is 11.5. The number of nitrogens with zero attached hydrogens (tertiary/aromatic N) is 1. The van der Waals surface area contributed by atoms with Crippen LogP contribution in [0.4, 0.5) is 0 Å². The monoisotopic (exact) mass is 429 g/mol. The summed E-state index contributed by atoms with van der Waals surface area (Å²) >= 11 is 0. The number of rotatable bonds is 10. The first kappa shape index (κ1) is 23.6. The summed E-state index contributed by atoms with van der Waals surface area (Å²) in [4.78, 5) is 2.12. The highest BCUT2D eigenvalue weighted by Gasteiger charge is 2.06. The van der Waals surface area contributed by atoms with Crippen molar-refractivity contribution in [3.63, 3.8) is 0 Å². The van der Waals surface area contributed by atoms with Crippen molar-refractivity contribution in [3.8, 4) is 11.5 Å². The number of phenols is 1. The first-order chi connectivity index (χ1) is 15.4. The second-order valence-electron chi connectivity index (χ2n) is 8.83. The summed E-state index contributed by atoms with van der Waals surface area (Å²) in [5.41, 5.74) is 6.27. The predicted molar refractivity (Wildman–Crippen MR) is 135 cm³/mol. The van der Waals surface area contributed by atoms with E-state index in [-0.39, 0.29) is 5.75 Å². The van der Waals surface area contributed by atoms with Gasteiger partial charge in [0.05, 0.1) is 0 Å². The highest BCUT2D eigenvalue weighted by molar-refractivity contribution is 5.81. The van der Waals surface area contributed by atoms with Gasteiger partial charge in [0.1, 0.15) is 18.1 Å². The first-order valence-electron chi connectivity index (χ1n) is 11.4. The van der Waals surface area contributed by atoms with Crippen LogP contribution in [0.2, 0.25) is 0 Å². The van der Waals surface area contributed by atoms with Gasteiger partial charge in [0.15, 0.2) is 0 Å². The molecule has 0 saturated heterocycles. The Morgan fingerprint density at radius 1 is 0.906 bits per heavy atom. The summed E-state index contributed by atoms with van der Waals surface area (Å²) in [6.45, 7) is 6.03. The second-order valence-corrected chi connectivity index (χ2v) is 8.83. The maximum atomic E-state index is 9.61. The number of allylic oxidation sites excluding steroid dienone is 1. The summed E-state index contributed by atoms with van der Waals surface area (Å²) < 4.78 is 5.81. The van der Waals surface area contributed by atoms with Gasteiger partial charge in [-0.3, -0.25) is 0 Å². The third-order valence-corrected chi connectivity index (χ3v) is 5.60. The Balaban J connectivity index is 1.73. The molecule has 3 nitrogen and oxygen atoms in total. The van der Waals surface area contributed by atoms with Gasteiger partial charge < -0.3 is 14.7 Å². The molecule has 3 aromatic rings. The molecule has 3 heteroatoms. The van der Waals surface area contributed by atoms with Crippen LogP contribution >= 0.6 is 0 Å². The van der Waals surface area contributed by atoms with Crippen molar-refractivity contribution in [2.45, 2.75) is 32.6 Å². The average molecular weight is 430 g/mol. The van der Waals surface area contributed by atoms with Crippen molar-refractivity contribution in [1.82, 2.24) is 4.90 Å². The lowest BCUT2D eigenvalue weighted by atomic mass is 9.94. The standard InChI is InChI=1S/C29H35NO2/c1-22(2)25-11-13-26(14-12-25)27(21-24-6-15-28(31)16-7-24)10-5-23-8-17-29(18-9-23)32-20-19-30(3)4/h6-9,11-18,21-22,31H,5,10,19-20H2,1-4H3. The molecule has 3 rings (SSSR count). The van der Waals surface area contributed by atoms with Crippen molar-refractivity contribution >= 4 is 11.6 Å². The van der Waals surface area contributed by atoms with E-state index in [0.29, 0.717) is 12.5 Å². The molecule has 0 fully saturated rings. The molecule has 0 unspecified atom stereocenters. The molecular weight excluding hydrogens is 394 g/mol. The van der Waals surface area contributed by atoms with E-state index in [1.54, 1.807) is 12.1 Å². The van der Waals surface area contributed by atoms with Crippen LogP contribution in [0.5, 0.6) is 11.5 Å². The normalized spacial score (nSPS) is 11.9. The molecule has 32 heavy (non-hydrogen) atoms. The van der Waals surface area contributed by atoms with Gasteiger partial charge in [-0.2, -0.15) is 0 Å². The molecule has 0 aromatic heterocycles. The quantitative estimate of drug-likeness (QED) is 0.367. The van der Waals surface area contributed by atoms with Crippen LogP contribution in [0.1, 0.15) is 48.4 Å². The number of hydrogen-bond donors (Lipinski definition) is 1. The summed E-state index contributed by atoms with van der Waals surface area (Å²) in [5, 5.41) is 9.61. The van der Waals surface area contributed by atoms with E-state index < -0.39 is 0 Å². The van der Waals surface area contributed by atoms with E-state index in [1.165, 1.54) is 22.3 Å². The molecule has 0 heterocycles. The molecule has 0 aliphatic carbocycles. The van der Waals surface area contributed by atoms with E-state index in [2.05, 4.69) is 73.4 Å². The number of ether oxygens (including phenoxy) is 1. The minimum absolute atomic E-state index is 0.290. The van der Waals surface area contributed by atoms with E-state index >= 15 is 0 Å². The number of phenolic OH excluding ortho intramolecular Hbond substituents is 1. The molecule has 0 radical (unpaired) electrons. The zero-order valence-corrected chi connectivity index (χ0v) is 19.7. The predicted octanol–water partition coefficient (Wildman–Crippen LogP) is 6.63. The van der Waals surface area contributed by atoms with Crippen LogP contribution in [0.3, 0.4) is 0 Å². The molecule has 0 aliphatic heterocycles. The SMILES string of the molecule is CC(C)c1ccc(C(=Cc2ccc(O)cc2)CCc2ccc(OCCN(C)C)cc2)cc1. The number of benzene rings is 3. The lowest BCUT2D eigenvalue weighted by Gasteiger charge is -2.13. The van der Waals surface area contributed by atoms with E-state index in [0.717, 1.165) is 30.7 Å². The van der Waals surface area contributed by atoms with Crippen molar-refractivity contribution in [2.75, 3.05) is 27.2 Å². The van der Waals surface area contributed by atoms with E-state index in [1.807, 2.05) is 26.2 Å². The molecule has 0 amide bonds. The fourth-order valence-electron chi connectivity index (χ4n) is 3.53. The van der Waals surface area contributed by atoms with Crippen LogP contribution in [-0.2, 0) is 6.42 Å². The van der Waals surface area contributed by atoms with E-state index in [4.69, 9.17) is 4.74 Å². The third-order valence-electron chi connectivity index (χ3n) is 5.60. The molecule has 1 N–H and O–H groups in total. The van der Waals surface area contributed by atoms with Crippen LogP contribution < -0.4 is 4.74 Å². The summed E-state index contributed by atoms with van der Waals surface area (Å²) in [5.74, 6) is 1.73. The molecule has 0 aliphatic rings. The maximum absolute atomic E-state index is 9.61. The Bertz CT molecular complexity index is 985. The Labute approximate surface area is 193 Å². The van der Waals surface area contributed by atoms with Crippen LogP contribution in [0.25, 0.3) is 11.6 Å². The largest absolute Gasteiger partial charge is 0.508 e. The summed E-state index contributed by atoms with van der Waals surface area (Å²) in [6, 6.07) is 24.7. The minimum atomic E-state index is 0.290. The van der Waals surface area contributed by atoms with Crippen molar-refractivity contribution < 1.29 is 9.84 Å². The number of aromatic hydroxyl groups is 1. The average Bonchev–Trinajstić information content (AvgIpc) is 2.78. The first-order valence-corrected chi connectivity index (χ1v) is 11.4. The fraction of sp³-hybridized carbons (Fsp3) is 0.310. The molecule has 168 valence electrons. The maximum Gasteiger partial charge on any atom is 0.119 e. The Kier molecular flexibility index (Phi) is 8.52. The molecule has 0 saturated carbocycles. The lowest BCUT2D eigenvalue weighted by molar-refractivity contribution is 0.261. The van der Waals surface area contributed by atoms with Gasteiger partial charge in [-0.15, -0.1) is 0 Å². The van der Waals surface area contributed by atoms with Crippen LogP contribution in [0.15, 0.2) is 72.8 Å². The zero-order chi connectivity index (χ0) is 22.9. The molecule has 0 spiro atoms. The van der Waals surface area contributed by atoms with Crippen molar-refractivity contribution in [2.24, 2.45) is 0 Å². The van der Waals surface area contributed by atoms with Gasteiger partial charge >= 0.3 is 0 Å². The molecule has 0 bridgehead atoms. The summed E-state index contributed by atoms with van der Waals surface area (Å²) in [6.07, 6.45) is 4.11. The Morgan fingerprint density at radius 2 is 1.56 bits per heavy atom. The fourth-order valence-corrected chi connectivity index (χ4v) is 3.53. The molecular formula is C29H35NO2. The highest BCUT2D eigenvalue weighted by Crippen LogP contribution is 2.27. The smallest absolute Gasteiger partial charge is 0.119 e. The van der Waals surface area contributed by atoms with Crippen molar-refractivity contribution in [3.05, 3.63) is 95.1 Å². The Hall–Kier alpha value is -3.04.